The molecule has 28 heavy (non-hydrogen) atoms. The first-order chi connectivity index (χ1) is 13.7. The number of rotatable bonds is 7. The van der Waals surface area contributed by atoms with Gasteiger partial charge in [0, 0.05) is 52.5 Å². The van der Waals surface area contributed by atoms with Crippen LogP contribution in [0.3, 0.4) is 0 Å². The third-order valence-corrected chi connectivity index (χ3v) is 6.19. The third-order valence-electron chi connectivity index (χ3n) is 5.26. The van der Waals surface area contributed by atoms with Crippen molar-refractivity contribution < 1.29 is 0 Å². The molecule has 6 heteroatoms. The minimum absolute atomic E-state index is 0.501. The van der Waals surface area contributed by atoms with Crippen LogP contribution in [0.5, 0.6) is 0 Å². The normalized spacial score (nSPS) is 15.5. The summed E-state index contributed by atoms with van der Waals surface area (Å²) in [6.07, 6.45) is 4.48. The van der Waals surface area contributed by atoms with Crippen molar-refractivity contribution in [3.63, 3.8) is 0 Å². The Morgan fingerprint density at radius 2 is 1.93 bits per heavy atom. The first-order valence-electron chi connectivity index (χ1n) is 10.2. The van der Waals surface area contributed by atoms with Gasteiger partial charge in [-0.15, -0.1) is 11.3 Å². The molecule has 0 saturated carbocycles. The van der Waals surface area contributed by atoms with E-state index in [2.05, 4.69) is 81.3 Å². The number of anilines is 2. The molecule has 1 aromatic carbocycles. The molecular weight excluding hydrogens is 366 g/mol. The number of thiophene rings is 1. The Kier molecular flexibility index (Phi) is 7.60. The number of hydrogen-bond donors (Lipinski definition) is 2. The molecule has 1 aliphatic heterocycles. The molecule has 0 bridgehead atoms. The summed E-state index contributed by atoms with van der Waals surface area (Å²) in [4.78, 5) is 9.02. The highest BCUT2D eigenvalue weighted by molar-refractivity contribution is 7.14. The maximum Gasteiger partial charge on any atom is 0.191 e. The molecule has 0 radical (unpaired) electrons. The highest BCUT2D eigenvalue weighted by atomic mass is 32.1. The highest BCUT2D eigenvalue weighted by Crippen LogP contribution is 2.24. The van der Waals surface area contributed by atoms with Crippen molar-refractivity contribution in [2.75, 3.05) is 50.6 Å². The summed E-state index contributed by atoms with van der Waals surface area (Å²) in [5.74, 6) is 0.928. The van der Waals surface area contributed by atoms with E-state index < -0.39 is 0 Å². The minimum Gasteiger partial charge on any atom is -0.378 e. The first kappa shape index (κ1) is 20.5. The van der Waals surface area contributed by atoms with Gasteiger partial charge in [0.1, 0.15) is 0 Å². The Morgan fingerprint density at radius 1 is 1.18 bits per heavy atom. The van der Waals surface area contributed by atoms with Crippen LogP contribution in [0.15, 0.2) is 46.8 Å². The molecule has 1 aromatic heterocycles. The number of nitrogens with zero attached hydrogens (tertiary/aromatic N) is 3. The Morgan fingerprint density at radius 3 is 2.54 bits per heavy atom. The van der Waals surface area contributed by atoms with Gasteiger partial charge in [0.05, 0.1) is 5.00 Å². The minimum atomic E-state index is 0.501. The molecule has 0 aliphatic carbocycles. The summed E-state index contributed by atoms with van der Waals surface area (Å²) < 4.78 is 0. The number of piperidine rings is 1. The zero-order chi connectivity index (χ0) is 19.8. The molecule has 2 N–H and O–H groups in total. The lowest BCUT2D eigenvalue weighted by molar-refractivity contribution is 0.462. The summed E-state index contributed by atoms with van der Waals surface area (Å²) in [6, 6.07) is 13.7. The van der Waals surface area contributed by atoms with Crippen molar-refractivity contribution in [1.82, 2.24) is 10.6 Å². The van der Waals surface area contributed by atoms with Gasteiger partial charge in [0.2, 0.25) is 0 Å². The lowest BCUT2D eigenvalue weighted by Gasteiger charge is -2.33. The summed E-state index contributed by atoms with van der Waals surface area (Å²) in [5, 5.41) is 10.6. The van der Waals surface area contributed by atoms with E-state index in [9.17, 15) is 0 Å². The van der Waals surface area contributed by atoms with Gasteiger partial charge in [-0.2, -0.15) is 0 Å². The monoisotopic (exact) mass is 399 g/mol. The third kappa shape index (κ3) is 5.89. The average Bonchev–Trinajstić information content (AvgIpc) is 3.26. The summed E-state index contributed by atoms with van der Waals surface area (Å²) in [6.45, 7) is 3.15. The van der Waals surface area contributed by atoms with Gasteiger partial charge in [-0.05, 0) is 60.9 Å². The van der Waals surface area contributed by atoms with Crippen molar-refractivity contribution in [3.05, 3.63) is 47.3 Å². The molecule has 1 saturated heterocycles. The predicted molar refractivity (Wildman–Crippen MR) is 123 cm³/mol. The molecule has 0 unspecified atom stereocenters. The maximum atomic E-state index is 4.40. The van der Waals surface area contributed by atoms with Gasteiger partial charge in [-0.3, -0.25) is 4.99 Å². The molecule has 0 spiro atoms. The van der Waals surface area contributed by atoms with Gasteiger partial charge < -0.3 is 20.4 Å². The smallest absolute Gasteiger partial charge is 0.191 e. The van der Waals surface area contributed by atoms with Crippen LogP contribution in [0.1, 0.15) is 24.8 Å². The maximum absolute atomic E-state index is 4.40. The van der Waals surface area contributed by atoms with Gasteiger partial charge >= 0.3 is 0 Å². The quantitative estimate of drug-likeness (QED) is 0.424. The number of aryl methyl sites for hydroxylation is 1. The van der Waals surface area contributed by atoms with Crippen LogP contribution in [0.4, 0.5) is 10.7 Å². The second-order valence-corrected chi connectivity index (χ2v) is 8.45. The molecule has 0 atom stereocenters. The van der Waals surface area contributed by atoms with Crippen LogP contribution in [0.25, 0.3) is 0 Å². The Balaban J connectivity index is 1.35. The molecule has 2 heterocycles. The lowest BCUT2D eigenvalue weighted by Crippen LogP contribution is -2.48. The second kappa shape index (κ2) is 10.4. The van der Waals surface area contributed by atoms with E-state index in [0.29, 0.717) is 6.04 Å². The van der Waals surface area contributed by atoms with Crippen LogP contribution in [0, 0.1) is 0 Å². The van der Waals surface area contributed by atoms with Gasteiger partial charge in [-0.25, -0.2) is 0 Å². The zero-order valence-electron chi connectivity index (χ0n) is 17.3. The van der Waals surface area contributed by atoms with E-state index in [0.717, 1.165) is 51.3 Å². The van der Waals surface area contributed by atoms with E-state index >= 15 is 0 Å². The number of nitrogens with one attached hydrogen (secondary N) is 2. The Hall–Kier alpha value is -2.21. The van der Waals surface area contributed by atoms with E-state index in [1.807, 2.05) is 18.4 Å². The standard InChI is InChI=1S/C22H33N5S/c1-23-22(24-14-4-6-18-8-10-20(11-9-18)26(2)3)25-19-12-15-27(16-13-19)21-7-5-17-28-21/h5,7-11,17,19H,4,6,12-16H2,1-3H3,(H2,23,24,25). The molecular formula is C22H33N5S. The lowest BCUT2D eigenvalue weighted by atomic mass is 10.1. The topological polar surface area (TPSA) is 42.9 Å². The molecule has 1 aliphatic rings. The number of benzene rings is 1. The van der Waals surface area contributed by atoms with Crippen molar-refractivity contribution in [1.29, 1.82) is 0 Å². The van der Waals surface area contributed by atoms with E-state index in [-0.39, 0.29) is 0 Å². The van der Waals surface area contributed by atoms with Crippen molar-refractivity contribution in [2.45, 2.75) is 31.7 Å². The largest absolute Gasteiger partial charge is 0.378 e. The van der Waals surface area contributed by atoms with Crippen LogP contribution in [-0.2, 0) is 6.42 Å². The molecule has 0 amide bonds. The van der Waals surface area contributed by atoms with Crippen molar-refractivity contribution in [3.8, 4) is 0 Å². The van der Waals surface area contributed by atoms with Gasteiger partial charge in [0.25, 0.3) is 0 Å². The van der Waals surface area contributed by atoms with Crippen molar-refractivity contribution >= 4 is 28.0 Å². The molecule has 152 valence electrons. The van der Waals surface area contributed by atoms with Crippen molar-refractivity contribution in [2.24, 2.45) is 4.99 Å². The van der Waals surface area contributed by atoms with Gasteiger partial charge in [0.15, 0.2) is 5.96 Å². The number of guanidine groups is 1. The fourth-order valence-electron chi connectivity index (χ4n) is 3.54. The van der Waals surface area contributed by atoms with Crippen LogP contribution in [0.2, 0.25) is 0 Å². The molecule has 5 nitrogen and oxygen atoms in total. The van der Waals surface area contributed by atoms with E-state index in [4.69, 9.17) is 0 Å². The Bertz CT molecular complexity index is 716. The molecule has 2 aromatic rings. The Labute approximate surface area is 173 Å². The summed E-state index contributed by atoms with van der Waals surface area (Å²) in [5.41, 5.74) is 2.63. The summed E-state index contributed by atoms with van der Waals surface area (Å²) in [7, 11) is 6.00. The van der Waals surface area contributed by atoms with Crippen LogP contribution >= 0.6 is 11.3 Å². The fraction of sp³-hybridized carbons (Fsp3) is 0.500. The predicted octanol–water partition coefficient (Wildman–Crippen LogP) is 3.58. The highest BCUT2D eigenvalue weighted by Gasteiger charge is 2.20. The molecule has 3 rings (SSSR count). The average molecular weight is 400 g/mol. The summed E-state index contributed by atoms with van der Waals surface area (Å²) >= 11 is 1.83. The van der Waals surface area contributed by atoms with E-state index in [1.54, 1.807) is 0 Å². The van der Waals surface area contributed by atoms with Gasteiger partial charge in [-0.1, -0.05) is 12.1 Å². The van der Waals surface area contributed by atoms with E-state index in [1.165, 1.54) is 16.3 Å². The fourth-order valence-corrected chi connectivity index (χ4v) is 4.33. The zero-order valence-corrected chi connectivity index (χ0v) is 18.1. The number of aliphatic imine (C=N–C) groups is 1. The second-order valence-electron chi connectivity index (χ2n) is 7.52. The van der Waals surface area contributed by atoms with Crippen LogP contribution < -0.4 is 20.4 Å². The van der Waals surface area contributed by atoms with Crippen LogP contribution in [-0.4, -0.2) is 52.8 Å². The number of hydrogen-bond acceptors (Lipinski definition) is 4. The first-order valence-corrected chi connectivity index (χ1v) is 11.1. The molecule has 1 fully saturated rings. The SMILES string of the molecule is CN=C(NCCCc1ccc(N(C)C)cc1)NC1CCN(c2cccs2)CC1.